The van der Waals surface area contributed by atoms with Crippen LogP contribution in [-0.4, -0.2) is 22.2 Å². The summed E-state index contributed by atoms with van der Waals surface area (Å²) in [6.45, 7) is 2.90. The Morgan fingerprint density at radius 1 is 1.33 bits per heavy atom. The van der Waals surface area contributed by atoms with Crippen LogP contribution in [0.5, 0.6) is 0 Å². The molecule has 130 valence electrons. The summed E-state index contributed by atoms with van der Waals surface area (Å²) < 4.78 is 44.7. The van der Waals surface area contributed by atoms with Crippen molar-refractivity contribution < 1.29 is 27.5 Å². The summed E-state index contributed by atoms with van der Waals surface area (Å²) >= 11 is 0. The molecule has 3 N–H and O–H groups in total. The Labute approximate surface area is 134 Å². The van der Waals surface area contributed by atoms with Gasteiger partial charge in [-0.2, -0.15) is 13.2 Å². The molecule has 0 radical (unpaired) electrons. The summed E-state index contributed by atoms with van der Waals surface area (Å²) in [5.41, 5.74) is -3.45. The van der Waals surface area contributed by atoms with Crippen LogP contribution < -0.4 is 10.9 Å². The number of hydrogen-bond acceptors (Lipinski definition) is 4. The molecule has 0 saturated heterocycles. The first kappa shape index (κ1) is 17.8. The lowest BCUT2D eigenvalue weighted by Gasteiger charge is -2.27. The highest BCUT2D eigenvalue weighted by Gasteiger charge is 2.58. The highest BCUT2D eigenvalue weighted by molar-refractivity contribution is 5.91. The van der Waals surface area contributed by atoms with Crippen molar-refractivity contribution in [1.29, 1.82) is 0 Å². The van der Waals surface area contributed by atoms with Gasteiger partial charge in [-0.15, -0.1) is 0 Å². The lowest BCUT2D eigenvalue weighted by Crippen LogP contribution is -2.44. The highest BCUT2D eigenvalue weighted by Crippen LogP contribution is 2.42. The second-order valence-corrected chi connectivity index (χ2v) is 5.39. The Morgan fingerprint density at radius 3 is 2.50 bits per heavy atom. The van der Waals surface area contributed by atoms with Crippen molar-refractivity contribution in [2.45, 2.75) is 32.0 Å². The summed E-state index contributed by atoms with van der Waals surface area (Å²) in [6.07, 6.45) is -5.26. The van der Waals surface area contributed by atoms with Crippen LogP contribution in [-0.2, 0) is 10.4 Å². The summed E-state index contributed by atoms with van der Waals surface area (Å²) in [6, 6.07) is 3.54. The van der Waals surface area contributed by atoms with Gasteiger partial charge in [-0.05, 0) is 32.0 Å². The predicted molar refractivity (Wildman–Crippen MR) is 78.4 cm³/mol. The van der Waals surface area contributed by atoms with Crippen molar-refractivity contribution in [3.05, 3.63) is 51.8 Å². The van der Waals surface area contributed by atoms with E-state index in [0.717, 1.165) is 12.3 Å². The number of H-pyrrole nitrogens is 1. The maximum atomic E-state index is 13.3. The van der Waals surface area contributed by atoms with E-state index >= 15 is 0 Å². The molecule has 0 aromatic carbocycles. The summed E-state index contributed by atoms with van der Waals surface area (Å²) in [4.78, 5) is 25.5. The van der Waals surface area contributed by atoms with Gasteiger partial charge in [0.25, 0.3) is 5.56 Å². The molecule has 0 aliphatic heterocycles. The van der Waals surface area contributed by atoms with Crippen LogP contribution in [0.2, 0.25) is 0 Å². The number of aromatic nitrogens is 1. The molecule has 24 heavy (non-hydrogen) atoms. The van der Waals surface area contributed by atoms with Crippen LogP contribution in [0.25, 0.3) is 0 Å². The van der Waals surface area contributed by atoms with Crippen molar-refractivity contribution >= 4 is 11.6 Å². The van der Waals surface area contributed by atoms with E-state index in [0.29, 0.717) is 0 Å². The molecule has 1 amide bonds. The number of hydrogen-bond donors (Lipinski definition) is 3. The Bertz CT molecular complexity index is 810. The van der Waals surface area contributed by atoms with Gasteiger partial charge in [-0.1, -0.05) is 0 Å². The van der Waals surface area contributed by atoms with Crippen molar-refractivity contribution in [1.82, 2.24) is 4.98 Å². The lowest BCUT2D eigenvalue weighted by atomic mass is 9.95. The molecule has 0 bridgehead atoms. The van der Waals surface area contributed by atoms with Gasteiger partial charge in [0.1, 0.15) is 11.5 Å². The summed E-state index contributed by atoms with van der Waals surface area (Å²) in [7, 11) is 0. The second-order valence-electron chi connectivity index (χ2n) is 5.39. The van der Waals surface area contributed by atoms with Crippen LogP contribution in [0, 0.1) is 13.8 Å². The van der Waals surface area contributed by atoms with Gasteiger partial charge in [0.15, 0.2) is 0 Å². The number of carbonyl (C=O) groups is 1. The molecule has 2 aromatic heterocycles. The standard InChI is InChI=1S/C15H15F3N2O4/c1-8-5-10(7-19-13(8)22)20-12(21)6-14(23,15(16,17)18)11-4-3-9(2)24-11/h3-5,7,23H,6H2,1-2H3,(H,19,22)(H,20,21)/t14-/m1/s1. The topological polar surface area (TPSA) is 95.3 Å². The molecule has 2 rings (SSSR count). The van der Waals surface area contributed by atoms with E-state index in [1.165, 1.54) is 26.0 Å². The number of anilines is 1. The average molecular weight is 344 g/mol. The number of aryl methyl sites for hydroxylation is 2. The number of pyridine rings is 1. The highest BCUT2D eigenvalue weighted by atomic mass is 19.4. The van der Waals surface area contributed by atoms with Crippen LogP contribution in [0.1, 0.15) is 23.5 Å². The van der Waals surface area contributed by atoms with E-state index in [4.69, 9.17) is 4.42 Å². The number of halogens is 3. The van der Waals surface area contributed by atoms with E-state index in [2.05, 4.69) is 10.3 Å². The largest absolute Gasteiger partial charge is 0.463 e. The second kappa shape index (κ2) is 6.16. The number of furan rings is 1. The van der Waals surface area contributed by atoms with Crippen molar-refractivity contribution in [3.63, 3.8) is 0 Å². The smallest absolute Gasteiger partial charge is 0.425 e. The molecule has 0 aliphatic rings. The minimum absolute atomic E-state index is 0.109. The predicted octanol–water partition coefficient (Wildman–Crippen LogP) is 2.36. The molecule has 1 atom stereocenters. The fourth-order valence-corrected chi connectivity index (χ4v) is 2.09. The zero-order valence-corrected chi connectivity index (χ0v) is 12.8. The van der Waals surface area contributed by atoms with E-state index in [9.17, 15) is 27.9 Å². The lowest BCUT2D eigenvalue weighted by molar-refractivity contribution is -0.272. The van der Waals surface area contributed by atoms with E-state index in [1.807, 2.05) is 0 Å². The molecule has 0 unspecified atom stereocenters. The minimum Gasteiger partial charge on any atom is -0.463 e. The molecule has 9 heteroatoms. The zero-order valence-electron chi connectivity index (χ0n) is 12.8. The van der Waals surface area contributed by atoms with E-state index < -0.39 is 29.9 Å². The van der Waals surface area contributed by atoms with Gasteiger partial charge in [-0.3, -0.25) is 9.59 Å². The van der Waals surface area contributed by atoms with E-state index in [-0.39, 0.29) is 22.6 Å². The number of amides is 1. The van der Waals surface area contributed by atoms with Crippen molar-refractivity contribution in [3.8, 4) is 0 Å². The Balaban J connectivity index is 2.25. The molecule has 2 heterocycles. The number of alkyl halides is 3. The Kier molecular flexibility index (Phi) is 4.57. The number of aliphatic hydroxyl groups is 1. The van der Waals surface area contributed by atoms with Crippen LogP contribution in [0.15, 0.2) is 33.6 Å². The number of rotatable bonds is 4. The fourth-order valence-electron chi connectivity index (χ4n) is 2.09. The van der Waals surface area contributed by atoms with Gasteiger partial charge in [0.2, 0.25) is 11.5 Å². The monoisotopic (exact) mass is 344 g/mol. The molecule has 2 aromatic rings. The number of aromatic amines is 1. The summed E-state index contributed by atoms with van der Waals surface area (Å²) in [5, 5.41) is 12.2. The Hall–Kier alpha value is -2.55. The summed E-state index contributed by atoms with van der Waals surface area (Å²) in [5.74, 6) is -1.68. The molecular formula is C15H15F3N2O4. The SMILES string of the molecule is Cc1ccc([C@](O)(CC(=O)Nc2c[nH]c(=O)c(C)c2)C(F)(F)F)o1. The van der Waals surface area contributed by atoms with Gasteiger partial charge >= 0.3 is 6.18 Å². The van der Waals surface area contributed by atoms with Gasteiger partial charge in [-0.25, -0.2) is 0 Å². The molecule has 0 aliphatic carbocycles. The van der Waals surface area contributed by atoms with Crippen LogP contribution in [0.3, 0.4) is 0 Å². The molecule has 0 fully saturated rings. The molecular weight excluding hydrogens is 329 g/mol. The minimum atomic E-state index is -5.12. The maximum Gasteiger partial charge on any atom is 0.425 e. The van der Waals surface area contributed by atoms with E-state index in [1.54, 1.807) is 0 Å². The molecule has 6 nitrogen and oxygen atoms in total. The normalized spacial score (nSPS) is 14.2. The first-order valence-corrected chi connectivity index (χ1v) is 6.88. The average Bonchev–Trinajstić information content (AvgIpc) is 2.88. The first-order valence-electron chi connectivity index (χ1n) is 6.88. The van der Waals surface area contributed by atoms with Gasteiger partial charge in [0.05, 0.1) is 12.1 Å². The number of nitrogens with one attached hydrogen (secondary N) is 2. The first-order chi connectivity index (χ1) is 11.0. The fraction of sp³-hybridized carbons (Fsp3) is 0.333. The quantitative estimate of drug-likeness (QED) is 0.793. The van der Waals surface area contributed by atoms with Gasteiger partial charge in [0, 0.05) is 11.8 Å². The van der Waals surface area contributed by atoms with Crippen molar-refractivity contribution in [2.75, 3.05) is 5.32 Å². The zero-order chi connectivity index (χ0) is 18.1. The van der Waals surface area contributed by atoms with Crippen molar-refractivity contribution in [2.24, 2.45) is 0 Å². The third kappa shape index (κ3) is 3.51. The third-order valence-electron chi connectivity index (χ3n) is 3.41. The number of carbonyl (C=O) groups excluding carboxylic acids is 1. The third-order valence-corrected chi connectivity index (χ3v) is 3.41. The van der Waals surface area contributed by atoms with Crippen LogP contribution in [0.4, 0.5) is 18.9 Å². The van der Waals surface area contributed by atoms with Crippen LogP contribution >= 0.6 is 0 Å². The maximum absolute atomic E-state index is 13.3. The Morgan fingerprint density at radius 2 is 2.00 bits per heavy atom. The van der Waals surface area contributed by atoms with Gasteiger partial charge < -0.3 is 19.8 Å². The molecule has 0 spiro atoms. The molecule has 0 saturated carbocycles.